The van der Waals surface area contributed by atoms with E-state index in [2.05, 4.69) is 5.82 Å². The molecule has 2 heteroatoms. The van der Waals surface area contributed by atoms with Gasteiger partial charge in [0, 0.05) is 0 Å². The summed E-state index contributed by atoms with van der Waals surface area (Å²) in [6.45, 7) is 0. The molecule has 3 aliphatic carbocycles. The van der Waals surface area contributed by atoms with E-state index in [1.807, 2.05) is 0 Å². The molecule has 0 atom stereocenters. The van der Waals surface area contributed by atoms with Crippen LogP contribution < -0.4 is 18.9 Å². The Kier molecular flexibility index (Phi) is 7.51. The van der Waals surface area contributed by atoms with E-state index in [0.29, 0.717) is 0 Å². The summed E-state index contributed by atoms with van der Waals surface area (Å²) in [6.07, 6.45) is 27.7. The largest absolute Gasteiger partial charge is 1.00 e. The minimum absolute atomic E-state index is 0. The van der Waals surface area contributed by atoms with E-state index in [1.165, 1.54) is 96.3 Å². The van der Waals surface area contributed by atoms with Gasteiger partial charge in [0.25, 0.3) is 0 Å². The zero-order chi connectivity index (χ0) is 14.5. The van der Waals surface area contributed by atoms with Crippen molar-refractivity contribution in [2.24, 2.45) is 0 Å². The predicted octanol–water partition coefficient (Wildman–Crippen LogP) is 3.61. The Balaban J connectivity index is 0.00000176. The van der Waals surface area contributed by atoms with Crippen LogP contribution >= 0.6 is 0 Å². The predicted molar refractivity (Wildman–Crippen MR) is 95.1 cm³/mol. The molecule has 22 heavy (non-hydrogen) atoms. The molecule has 0 unspecified atom stereocenters. The maximum absolute atomic E-state index is 6.38. The Morgan fingerprint density at radius 2 is 0.818 bits per heavy atom. The molecule has 0 amide bonds. The smallest absolute Gasteiger partial charge is 0.317 e. The third-order valence-electron chi connectivity index (χ3n) is 7.58. The first-order valence-corrected chi connectivity index (χ1v) is 10.0. The van der Waals surface area contributed by atoms with E-state index in [9.17, 15) is 0 Å². The molecule has 0 aromatic heterocycles. The third-order valence-corrected chi connectivity index (χ3v) is 7.58. The molecule has 0 heterocycles. The van der Waals surface area contributed by atoms with Crippen LogP contribution in [0.5, 0.6) is 0 Å². The van der Waals surface area contributed by atoms with Crippen molar-refractivity contribution in [1.82, 2.24) is 0 Å². The molecule has 0 bridgehead atoms. The van der Waals surface area contributed by atoms with Gasteiger partial charge in [-0.1, -0.05) is 96.3 Å². The molecule has 0 aromatic rings. The van der Waals surface area contributed by atoms with Gasteiger partial charge in [-0.25, -0.2) is 0 Å². The van der Waals surface area contributed by atoms with Crippen LogP contribution in [-0.2, 0) is 0 Å². The van der Waals surface area contributed by atoms with Gasteiger partial charge >= 0.3 is 18.9 Å². The van der Waals surface area contributed by atoms with Crippen molar-refractivity contribution in [3.63, 3.8) is 0 Å². The molecule has 0 saturated heterocycles. The molecular weight excluding hydrogens is 258 g/mol. The van der Waals surface area contributed by atoms with E-state index in [1.54, 1.807) is 0 Å². The van der Waals surface area contributed by atoms with Crippen LogP contribution in [-0.4, -0.2) is 6.15 Å². The van der Waals surface area contributed by atoms with Crippen LogP contribution in [0.15, 0.2) is 0 Å². The van der Waals surface area contributed by atoms with E-state index in [4.69, 9.17) is 6.42 Å². The van der Waals surface area contributed by atoms with Crippen molar-refractivity contribution in [3.8, 4) is 12.2 Å². The fourth-order valence-corrected chi connectivity index (χ4v) is 6.62. The van der Waals surface area contributed by atoms with Gasteiger partial charge in [0.1, 0.15) is 0 Å². The summed E-state index contributed by atoms with van der Waals surface area (Å²) >= 11 is 0. The molecule has 0 aliphatic heterocycles. The van der Waals surface area contributed by atoms with Gasteiger partial charge in [-0.3, -0.25) is 0 Å². The molecule has 0 nitrogen and oxygen atoms in total. The van der Waals surface area contributed by atoms with Crippen LogP contribution in [0.4, 0.5) is 0 Å². The monoisotopic (exact) mass is 292 g/mol. The van der Waals surface area contributed by atoms with E-state index < -0.39 is 6.15 Å². The Morgan fingerprint density at radius 1 is 0.545 bits per heavy atom. The van der Waals surface area contributed by atoms with Crippen molar-refractivity contribution in [2.75, 3.05) is 0 Å². The first-order chi connectivity index (χ1) is 10.4. The van der Waals surface area contributed by atoms with Gasteiger partial charge in [-0.15, -0.1) is 0 Å². The molecular formula is C20H34BLi. The molecule has 3 saturated carbocycles. The standard InChI is InChI=1S/C20H34B.Li/c1-2-21(18-12-6-3-7-13-18,19-14-8-4-9-15-19)20-16-10-5-11-17-20;/h1,18-20H,3-17H2;/q-1;+1. The summed E-state index contributed by atoms with van der Waals surface area (Å²) < 4.78 is 0. The second kappa shape index (κ2) is 8.90. The molecule has 0 aromatic carbocycles. The molecule has 3 rings (SSSR count). The molecule has 0 radical (unpaired) electrons. The number of rotatable bonds is 3. The summed E-state index contributed by atoms with van der Waals surface area (Å²) in [5.41, 5.74) is 0. The number of hydrogen-bond acceptors (Lipinski definition) is 0. The van der Waals surface area contributed by atoms with Gasteiger partial charge in [0.15, 0.2) is 0 Å². The summed E-state index contributed by atoms with van der Waals surface area (Å²) in [4.78, 5) is 0. The fourth-order valence-electron chi connectivity index (χ4n) is 6.62. The Morgan fingerprint density at radius 3 is 1.05 bits per heavy atom. The normalized spacial score (nSPS) is 26.1. The average molecular weight is 292 g/mol. The van der Waals surface area contributed by atoms with Crippen LogP contribution in [0, 0.1) is 12.2 Å². The van der Waals surface area contributed by atoms with E-state index >= 15 is 0 Å². The zero-order valence-corrected chi connectivity index (χ0v) is 15.0. The Hall–Kier alpha value is 0.222. The Bertz CT molecular complexity index is 309. The van der Waals surface area contributed by atoms with Crippen molar-refractivity contribution < 1.29 is 18.9 Å². The fraction of sp³-hybridized carbons (Fsp3) is 0.900. The molecule has 118 valence electrons. The van der Waals surface area contributed by atoms with E-state index in [-0.39, 0.29) is 18.9 Å². The van der Waals surface area contributed by atoms with E-state index in [0.717, 1.165) is 17.5 Å². The van der Waals surface area contributed by atoms with Crippen molar-refractivity contribution in [3.05, 3.63) is 0 Å². The van der Waals surface area contributed by atoms with Gasteiger partial charge in [0.2, 0.25) is 0 Å². The number of terminal acetylenes is 1. The second-order valence-corrected chi connectivity index (χ2v) is 8.44. The first-order valence-electron chi connectivity index (χ1n) is 10.0. The molecule has 3 fully saturated rings. The maximum atomic E-state index is 6.38. The summed E-state index contributed by atoms with van der Waals surface area (Å²) in [5, 5.41) is 0. The van der Waals surface area contributed by atoms with Crippen LogP contribution in [0.1, 0.15) is 96.3 Å². The summed E-state index contributed by atoms with van der Waals surface area (Å²) in [7, 11) is 0. The van der Waals surface area contributed by atoms with Gasteiger partial charge in [-0.2, -0.15) is 23.9 Å². The maximum Gasteiger partial charge on any atom is 1.00 e. The number of hydrogen-bond donors (Lipinski definition) is 0. The van der Waals surface area contributed by atoms with Crippen molar-refractivity contribution in [1.29, 1.82) is 0 Å². The third kappa shape index (κ3) is 3.65. The van der Waals surface area contributed by atoms with Crippen LogP contribution in [0.25, 0.3) is 0 Å². The zero-order valence-electron chi connectivity index (χ0n) is 15.0. The minimum atomic E-state index is -0.539. The molecule has 0 N–H and O–H groups in total. The first kappa shape index (κ1) is 18.6. The SMILES string of the molecule is C#C[B-](C1CCCCC1)(C1CCCCC1)C1CCCCC1.[Li+]. The second-order valence-electron chi connectivity index (χ2n) is 8.44. The average Bonchev–Trinajstić information content (AvgIpc) is 2.59. The van der Waals surface area contributed by atoms with Gasteiger partial charge in [0.05, 0.1) is 6.15 Å². The Labute approximate surface area is 151 Å². The summed E-state index contributed by atoms with van der Waals surface area (Å²) in [5.74, 6) is 6.32. The van der Waals surface area contributed by atoms with Crippen LogP contribution in [0.3, 0.4) is 0 Å². The van der Waals surface area contributed by atoms with Gasteiger partial charge in [-0.05, 0) is 0 Å². The quantitative estimate of drug-likeness (QED) is 0.550. The molecule has 0 spiro atoms. The topological polar surface area (TPSA) is 0 Å². The van der Waals surface area contributed by atoms with Gasteiger partial charge < -0.3 is 5.82 Å². The molecule has 3 aliphatic rings. The minimum Gasteiger partial charge on any atom is -0.317 e. The van der Waals surface area contributed by atoms with Crippen LogP contribution in [0.2, 0.25) is 17.5 Å². The van der Waals surface area contributed by atoms with Crippen molar-refractivity contribution >= 4 is 6.15 Å². The van der Waals surface area contributed by atoms with Crippen molar-refractivity contribution in [2.45, 2.75) is 114 Å². The summed E-state index contributed by atoms with van der Waals surface area (Å²) in [6, 6.07) is 0.